The van der Waals surface area contributed by atoms with Crippen LogP contribution in [-0.4, -0.2) is 47.2 Å². The number of benzene rings is 1. The molecule has 4 rings (SSSR count). The topological polar surface area (TPSA) is 63.4 Å². The molecular formula is C20H22N4O. The molecule has 2 aliphatic rings. The van der Waals surface area contributed by atoms with Crippen LogP contribution in [0.4, 0.5) is 5.82 Å². The third kappa shape index (κ3) is 2.99. The van der Waals surface area contributed by atoms with Gasteiger partial charge in [-0.1, -0.05) is 24.3 Å². The highest BCUT2D eigenvalue weighted by Gasteiger charge is 2.35. The second-order valence-corrected chi connectivity index (χ2v) is 6.78. The molecule has 0 spiro atoms. The number of hydrogen-bond acceptors (Lipinski definition) is 5. The largest absolute Gasteiger partial charge is 0.387 e. The van der Waals surface area contributed by atoms with E-state index >= 15 is 0 Å². The van der Waals surface area contributed by atoms with E-state index in [1.165, 1.54) is 5.56 Å². The number of hydrogen-bond donors (Lipinski definition) is 1. The van der Waals surface area contributed by atoms with Crippen LogP contribution < -0.4 is 4.90 Å². The highest BCUT2D eigenvalue weighted by atomic mass is 16.3. The Morgan fingerprint density at radius 3 is 2.80 bits per heavy atom. The van der Waals surface area contributed by atoms with Gasteiger partial charge in [0, 0.05) is 38.4 Å². The first kappa shape index (κ1) is 16.1. The van der Waals surface area contributed by atoms with Gasteiger partial charge >= 0.3 is 0 Å². The molecule has 2 atom stereocenters. The molecule has 1 aliphatic carbocycles. The molecule has 1 aromatic heterocycles. The minimum atomic E-state index is -0.410. The Morgan fingerprint density at radius 1 is 1.08 bits per heavy atom. The Morgan fingerprint density at radius 2 is 1.96 bits per heavy atom. The normalized spacial score (nSPS) is 23.8. The van der Waals surface area contributed by atoms with Crippen LogP contribution in [0, 0.1) is 11.3 Å². The second-order valence-electron chi connectivity index (χ2n) is 6.78. The quantitative estimate of drug-likeness (QED) is 0.911. The molecular weight excluding hydrogens is 312 g/mol. The van der Waals surface area contributed by atoms with Crippen molar-refractivity contribution in [2.75, 3.05) is 31.1 Å². The van der Waals surface area contributed by atoms with E-state index in [0.717, 1.165) is 50.4 Å². The first-order chi connectivity index (χ1) is 12.3. The lowest BCUT2D eigenvalue weighted by Gasteiger charge is -2.30. The van der Waals surface area contributed by atoms with E-state index in [0.29, 0.717) is 5.56 Å². The highest BCUT2D eigenvalue weighted by molar-refractivity contribution is 5.53. The van der Waals surface area contributed by atoms with Crippen LogP contribution in [0.3, 0.4) is 0 Å². The number of aliphatic hydroxyl groups is 1. The van der Waals surface area contributed by atoms with E-state index in [4.69, 9.17) is 0 Å². The zero-order valence-corrected chi connectivity index (χ0v) is 14.2. The molecule has 0 bridgehead atoms. The fourth-order valence-corrected chi connectivity index (χ4v) is 4.10. The second kappa shape index (κ2) is 6.83. The predicted molar refractivity (Wildman–Crippen MR) is 96.2 cm³/mol. The molecule has 1 fully saturated rings. The summed E-state index contributed by atoms with van der Waals surface area (Å²) < 4.78 is 0. The van der Waals surface area contributed by atoms with Crippen LogP contribution in [0.1, 0.15) is 29.2 Å². The van der Waals surface area contributed by atoms with Gasteiger partial charge in [-0.15, -0.1) is 0 Å². The molecule has 0 unspecified atom stereocenters. The smallest absolute Gasteiger partial charge is 0.146 e. The van der Waals surface area contributed by atoms with Gasteiger partial charge in [0.1, 0.15) is 11.9 Å². The summed E-state index contributed by atoms with van der Waals surface area (Å²) in [7, 11) is 0. The minimum absolute atomic E-state index is 0.150. The maximum absolute atomic E-state index is 10.7. The Balaban J connectivity index is 1.49. The van der Waals surface area contributed by atoms with Gasteiger partial charge in [-0.2, -0.15) is 5.26 Å². The lowest BCUT2D eigenvalue weighted by atomic mass is 10.1. The summed E-state index contributed by atoms with van der Waals surface area (Å²) >= 11 is 0. The number of fused-ring (bicyclic) bond motifs is 1. The minimum Gasteiger partial charge on any atom is -0.387 e. The standard InChI is InChI=1S/C20H22N4O/c21-14-16-6-3-8-22-20(16)24-10-4-9-23(11-12-24)18-13-15-5-1-2-7-17(15)19(18)25/h1-3,5-8,18-19,25H,4,9-13H2/t18-,19-/m1/s1. The van der Waals surface area contributed by atoms with Crippen LogP contribution in [0.15, 0.2) is 42.6 Å². The molecule has 25 heavy (non-hydrogen) atoms. The Kier molecular flexibility index (Phi) is 4.39. The van der Waals surface area contributed by atoms with Crippen molar-refractivity contribution in [2.45, 2.75) is 25.0 Å². The number of rotatable bonds is 2. The number of aromatic nitrogens is 1. The van der Waals surface area contributed by atoms with Gasteiger partial charge in [0.15, 0.2) is 0 Å². The van der Waals surface area contributed by atoms with Gasteiger partial charge in [0.25, 0.3) is 0 Å². The van der Waals surface area contributed by atoms with Crippen LogP contribution in [0.2, 0.25) is 0 Å². The number of nitrogens with zero attached hydrogens (tertiary/aromatic N) is 4. The average Bonchev–Trinajstić information content (AvgIpc) is 2.84. The Labute approximate surface area is 148 Å². The zero-order chi connectivity index (χ0) is 17.2. The number of aliphatic hydroxyl groups excluding tert-OH is 1. The van der Waals surface area contributed by atoms with Crippen LogP contribution in [-0.2, 0) is 6.42 Å². The van der Waals surface area contributed by atoms with E-state index in [2.05, 4.69) is 26.9 Å². The molecule has 1 aliphatic heterocycles. The molecule has 128 valence electrons. The van der Waals surface area contributed by atoms with Gasteiger partial charge in [-0.3, -0.25) is 4.90 Å². The molecule has 2 aromatic rings. The molecule has 0 saturated carbocycles. The van der Waals surface area contributed by atoms with E-state index in [-0.39, 0.29) is 6.04 Å². The fraction of sp³-hybridized carbons (Fsp3) is 0.400. The van der Waals surface area contributed by atoms with Crippen molar-refractivity contribution in [3.05, 3.63) is 59.3 Å². The molecule has 5 heteroatoms. The SMILES string of the molecule is N#Cc1cccnc1N1CCCN([C@@H]2Cc3ccccc3[C@H]2O)CC1. The van der Waals surface area contributed by atoms with Crippen molar-refractivity contribution < 1.29 is 5.11 Å². The maximum atomic E-state index is 10.7. The summed E-state index contributed by atoms with van der Waals surface area (Å²) in [5.74, 6) is 0.780. The fourth-order valence-electron chi connectivity index (χ4n) is 4.10. The zero-order valence-electron chi connectivity index (χ0n) is 14.2. The summed E-state index contributed by atoms with van der Waals surface area (Å²) in [6.45, 7) is 3.54. The highest BCUT2D eigenvalue weighted by Crippen LogP contribution is 2.34. The van der Waals surface area contributed by atoms with Gasteiger partial charge in [-0.05, 0) is 36.1 Å². The van der Waals surface area contributed by atoms with Crippen molar-refractivity contribution in [2.24, 2.45) is 0 Å². The lowest BCUT2D eigenvalue weighted by Crippen LogP contribution is -2.41. The van der Waals surface area contributed by atoms with Crippen molar-refractivity contribution in [3.63, 3.8) is 0 Å². The Hall–Kier alpha value is -2.42. The first-order valence-corrected chi connectivity index (χ1v) is 8.88. The van der Waals surface area contributed by atoms with Crippen molar-refractivity contribution in [3.8, 4) is 6.07 Å². The number of anilines is 1. The van der Waals surface area contributed by atoms with E-state index in [9.17, 15) is 10.4 Å². The predicted octanol–water partition coefficient (Wildman–Crippen LogP) is 2.12. The van der Waals surface area contributed by atoms with Gasteiger partial charge < -0.3 is 10.0 Å². The lowest BCUT2D eigenvalue weighted by molar-refractivity contribution is 0.0647. The third-order valence-electron chi connectivity index (χ3n) is 5.37. The van der Waals surface area contributed by atoms with Gasteiger partial charge in [-0.25, -0.2) is 4.98 Å². The van der Waals surface area contributed by atoms with Crippen LogP contribution in [0.5, 0.6) is 0 Å². The summed E-state index contributed by atoms with van der Waals surface area (Å²) in [5.41, 5.74) is 2.96. The molecule has 0 radical (unpaired) electrons. The summed E-state index contributed by atoms with van der Waals surface area (Å²) in [5, 5.41) is 20.1. The molecule has 5 nitrogen and oxygen atoms in total. The van der Waals surface area contributed by atoms with E-state index < -0.39 is 6.10 Å². The maximum Gasteiger partial charge on any atom is 0.146 e. The summed E-state index contributed by atoms with van der Waals surface area (Å²) in [4.78, 5) is 9.02. The molecule has 1 N–H and O–H groups in total. The van der Waals surface area contributed by atoms with Gasteiger partial charge in [0.05, 0.1) is 11.7 Å². The Bertz CT molecular complexity index is 800. The summed E-state index contributed by atoms with van der Waals surface area (Å²) in [6, 6.07) is 14.2. The number of pyridine rings is 1. The third-order valence-corrected chi connectivity index (χ3v) is 5.37. The van der Waals surface area contributed by atoms with E-state index in [1.54, 1.807) is 12.3 Å². The van der Waals surface area contributed by atoms with Crippen molar-refractivity contribution in [1.29, 1.82) is 5.26 Å². The van der Waals surface area contributed by atoms with Crippen LogP contribution >= 0.6 is 0 Å². The van der Waals surface area contributed by atoms with Gasteiger partial charge in [0.2, 0.25) is 0 Å². The van der Waals surface area contributed by atoms with Crippen LogP contribution in [0.25, 0.3) is 0 Å². The number of nitriles is 1. The molecule has 1 saturated heterocycles. The van der Waals surface area contributed by atoms with Crippen molar-refractivity contribution >= 4 is 5.82 Å². The first-order valence-electron chi connectivity index (χ1n) is 8.88. The average molecular weight is 334 g/mol. The molecule has 1 aromatic carbocycles. The van der Waals surface area contributed by atoms with Crippen molar-refractivity contribution in [1.82, 2.24) is 9.88 Å². The summed E-state index contributed by atoms with van der Waals surface area (Å²) in [6.07, 6.45) is 3.24. The monoisotopic (exact) mass is 334 g/mol. The van der Waals surface area contributed by atoms with E-state index in [1.807, 2.05) is 24.3 Å². The molecule has 0 amide bonds. The molecule has 2 heterocycles.